The van der Waals surface area contributed by atoms with Crippen molar-refractivity contribution >= 4 is 10.1 Å². The topological polar surface area (TPSA) is 61.8 Å². The van der Waals surface area contributed by atoms with Crippen LogP contribution in [0, 0.1) is 0 Å². The zero-order valence-electron chi connectivity index (χ0n) is 11.9. The number of rotatable bonds is 2. The lowest BCUT2D eigenvalue weighted by atomic mass is 9.90. The summed E-state index contributed by atoms with van der Waals surface area (Å²) in [4.78, 5) is 0. The highest BCUT2D eigenvalue weighted by molar-refractivity contribution is 7.88. The summed E-state index contributed by atoms with van der Waals surface area (Å²) in [5.41, 5.74) is -2.62. The Morgan fingerprint density at radius 2 is 1.62 bits per heavy atom. The van der Waals surface area contributed by atoms with E-state index in [-0.39, 0.29) is 19.0 Å². The number of benzene rings is 2. The third-order valence-corrected chi connectivity index (χ3v) is 4.75. The van der Waals surface area contributed by atoms with Gasteiger partial charge in [-0.2, -0.15) is 21.6 Å². The molecule has 2 heterocycles. The molecule has 0 atom stereocenters. The predicted molar refractivity (Wildman–Crippen MR) is 76.1 cm³/mol. The fourth-order valence-corrected chi connectivity index (χ4v) is 3.23. The van der Waals surface area contributed by atoms with Crippen LogP contribution in [0.2, 0.25) is 0 Å². The maximum absolute atomic E-state index is 12.5. The van der Waals surface area contributed by atoms with Gasteiger partial charge in [0.15, 0.2) is 0 Å². The average molecular weight is 358 g/mol. The number of alkyl halides is 3. The molecular weight excluding hydrogens is 349 g/mol. The molecule has 0 radical (unpaired) electrons. The first-order chi connectivity index (χ1) is 11.3. The van der Waals surface area contributed by atoms with Crippen molar-refractivity contribution in [1.82, 2.24) is 0 Å². The van der Waals surface area contributed by atoms with Crippen LogP contribution in [0.25, 0.3) is 11.1 Å². The molecule has 0 spiro atoms. The summed E-state index contributed by atoms with van der Waals surface area (Å²) in [5, 5.41) is 0. The zero-order chi connectivity index (χ0) is 17.1. The second-order valence-corrected chi connectivity index (χ2v) is 6.84. The molecule has 0 bridgehead atoms. The monoisotopic (exact) mass is 358 g/mol. The Morgan fingerprint density at radius 3 is 2.38 bits per heavy atom. The lowest BCUT2D eigenvalue weighted by Crippen LogP contribution is -2.28. The van der Waals surface area contributed by atoms with E-state index in [0.29, 0.717) is 16.9 Å². The van der Waals surface area contributed by atoms with Gasteiger partial charge in [0.2, 0.25) is 0 Å². The molecule has 9 heteroatoms. The van der Waals surface area contributed by atoms with Crippen molar-refractivity contribution in [3.05, 3.63) is 41.5 Å². The SMILES string of the molecule is O=S(=O)(Oc1cc2c3c(c1)OCc1cccc(c1-3)OC2)C(F)(F)F. The van der Waals surface area contributed by atoms with E-state index in [2.05, 4.69) is 4.18 Å². The molecule has 0 saturated heterocycles. The van der Waals surface area contributed by atoms with Crippen LogP contribution in [-0.2, 0) is 23.3 Å². The maximum Gasteiger partial charge on any atom is 0.534 e. The number of ether oxygens (including phenoxy) is 2. The van der Waals surface area contributed by atoms with E-state index in [1.807, 2.05) is 12.1 Å². The molecule has 0 saturated carbocycles. The molecule has 0 aromatic heterocycles. The summed E-state index contributed by atoms with van der Waals surface area (Å²) in [6.07, 6.45) is 0. The van der Waals surface area contributed by atoms with Crippen molar-refractivity contribution < 1.29 is 35.2 Å². The predicted octanol–water partition coefficient (Wildman–Crippen LogP) is 3.37. The molecule has 4 rings (SSSR count). The molecular formula is C15H9F3O5S. The lowest BCUT2D eigenvalue weighted by molar-refractivity contribution is -0.0500. The van der Waals surface area contributed by atoms with Gasteiger partial charge in [0.1, 0.15) is 30.5 Å². The van der Waals surface area contributed by atoms with E-state index in [1.165, 1.54) is 6.07 Å². The Labute approximate surface area is 134 Å². The summed E-state index contributed by atoms with van der Waals surface area (Å²) >= 11 is 0. The molecule has 24 heavy (non-hydrogen) atoms. The van der Waals surface area contributed by atoms with Crippen LogP contribution < -0.4 is 13.7 Å². The van der Waals surface area contributed by atoms with Crippen molar-refractivity contribution in [3.8, 4) is 28.4 Å². The third-order valence-electron chi connectivity index (χ3n) is 3.78. The van der Waals surface area contributed by atoms with Gasteiger partial charge in [-0.05, 0) is 12.1 Å². The molecule has 126 valence electrons. The van der Waals surface area contributed by atoms with E-state index in [9.17, 15) is 21.6 Å². The standard InChI is InChI=1S/C15H9F3O5S/c16-15(17,18)24(19,20)23-10-4-9-7-21-11-3-1-2-8-6-22-12(5-10)14(9)13(8)11/h1-5H,6-7H2. The molecule has 0 aliphatic carbocycles. The second-order valence-electron chi connectivity index (χ2n) is 5.31. The van der Waals surface area contributed by atoms with Crippen molar-refractivity contribution in [1.29, 1.82) is 0 Å². The smallest absolute Gasteiger partial charge is 0.488 e. The van der Waals surface area contributed by atoms with E-state index in [4.69, 9.17) is 9.47 Å². The van der Waals surface area contributed by atoms with Crippen LogP contribution in [0.1, 0.15) is 11.1 Å². The van der Waals surface area contributed by atoms with Gasteiger partial charge >= 0.3 is 15.6 Å². The van der Waals surface area contributed by atoms with Crippen LogP contribution in [0.4, 0.5) is 13.2 Å². The van der Waals surface area contributed by atoms with E-state index in [1.54, 1.807) is 6.07 Å². The minimum Gasteiger partial charge on any atom is -0.488 e. The summed E-state index contributed by atoms with van der Waals surface area (Å²) in [5.74, 6) is 0.455. The third kappa shape index (κ3) is 2.19. The highest BCUT2D eigenvalue weighted by Gasteiger charge is 2.48. The number of halogens is 3. The second kappa shape index (κ2) is 4.79. The highest BCUT2D eigenvalue weighted by atomic mass is 32.2. The molecule has 0 fully saturated rings. The zero-order valence-corrected chi connectivity index (χ0v) is 12.7. The van der Waals surface area contributed by atoms with Gasteiger partial charge in [-0.15, -0.1) is 0 Å². The van der Waals surface area contributed by atoms with Gasteiger partial charge in [0, 0.05) is 28.3 Å². The van der Waals surface area contributed by atoms with E-state index in [0.717, 1.165) is 17.2 Å². The first kappa shape index (κ1) is 15.1. The quantitative estimate of drug-likeness (QED) is 0.608. The van der Waals surface area contributed by atoms with Gasteiger partial charge < -0.3 is 13.7 Å². The molecule has 0 unspecified atom stereocenters. The van der Waals surface area contributed by atoms with Gasteiger partial charge in [-0.25, -0.2) is 0 Å². The van der Waals surface area contributed by atoms with Gasteiger partial charge in [0.25, 0.3) is 0 Å². The largest absolute Gasteiger partial charge is 0.534 e. The first-order valence-corrected chi connectivity index (χ1v) is 8.22. The summed E-state index contributed by atoms with van der Waals surface area (Å²) in [6, 6.07) is 7.83. The van der Waals surface area contributed by atoms with Crippen LogP contribution in [0.3, 0.4) is 0 Å². The summed E-state index contributed by atoms with van der Waals surface area (Å²) in [6.45, 7) is 0.278. The fraction of sp³-hybridized carbons (Fsp3) is 0.200. The van der Waals surface area contributed by atoms with E-state index >= 15 is 0 Å². The van der Waals surface area contributed by atoms with Crippen molar-refractivity contribution in [2.24, 2.45) is 0 Å². The number of hydrogen-bond donors (Lipinski definition) is 0. The summed E-state index contributed by atoms with van der Waals surface area (Å²) in [7, 11) is -5.74. The Bertz CT molecular complexity index is 903. The molecule has 2 aliphatic heterocycles. The first-order valence-electron chi connectivity index (χ1n) is 6.82. The minimum atomic E-state index is -5.74. The maximum atomic E-state index is 12.5. The molecule has 0 amide bonds. The Balaban J connectivity index is 1.83. The van der Waals surface area contributed by atoms with Crippen LogP contribution in [0.15, 0.2) is 30.3 Å². The minimum absolute atomic E-state index is 0.0748. The number of hydrogen-bond acceptors (Lipinski definition) is 5. The Hall–Kier alpha value is -2.42. The molecule has 5 nitrogen and oxygen atoms in total. The molecule has 0 N–H and O–H groups in total. The van der Waals surface area contributed by atoms with E-state index < -0.39 is 21.4 Å². The van der Waals surface area contributed by atoms with Crippen LogP contribution in [-0.4, -0.2) is 13.9 Å². The van der Waals surface area contributed by atoms with Gasteiger partial charge in [0.05, 0.1) is 0 Å². The highest BCUT2D eigenvalue weighted by Crippen LogP contribution is 2.49. The fourth-order valence-electron chi connectivity index (χ4n) is 2.79. The summed E-state index contributed by atoms with van der Waals surface area (Å²) < 4.78 is 75.1. The normalized spacial score (nSPS) is 15.1. The molecule has 2 aromatic rings. The molecule has 2 aromatic carbocycles. The van der Waals surface area contributed by atoms with Crippen LogP contribution >= 0.6 is 0 Å². The Kier molecular flexibility index (Phi) is 3.02. The van der Waals surface area contributed by atoms with Crippen molar-refractivity contribution in [3.63, 3.8) is 0 Å². The van der Waals surface area contributed by atoms with Gasteiger partial charge in [-0.1, -0.05) is 12.1 Å². The molecule has 2 aliphatic rings. The lowest BCUT2D eigenvalue weighted by Gasteiger charge is -2.29. The van der Waals surface area contributed by atoms with Crippen molar-refractivity contribution in [2.45, 2.75) is 18.7 Å². The van der Waals surface area contributed by atoms with Crippen molar-refractivity contribution in [2.75, 3.05) is 0 Å². The average Bonchev–Trinajstić information content (AvgIpc) is 2.51. The van der Waals surface area contributed by atoms with Crippen LogP contribution in [0.5, 0.6) is 17.2 Å². The van der Waals surface area contributed by atoms with Gasteiger partial charge in [-0.3, -0.25) is 0 Å². The Morgan fingerprint density at radius 1 is 0.958 bits per heavy atom.